The molecular formula is C11H16N2. The summed E-state index contributed by atoms with van der Waals surface area (Å²) >= 11 is 0. The monoisotopic (exact) mass is 176 g/mol. The number of aromatic nitrogens is 1. The van der Waals surface area contributed by atoms with E-state index in [1.807, 2.05) is 12.3 Å². The van der Waals surface area contributed by atoms with Crippen LogP contribution in [-0.2, 0) is 6.42 Å². The predicted molar refractivity (Wildman–Crippen MR) is 55.1 cm³/mol. The molecule has 0 saturated carbocycles. The molecule has 2 rings (SSSR count). The SMILES string of the molecule is CCc1cccnc1N1CCCC1. The smallest absolute Gasteiger partial charge is 0.131 e. The van der Waals surface area contributed by atoms with Gasteiger partial charge in [-0.25, -0.2) is 4.98 Å². The predicted octanol–water partition coefficient (Wildman–Crippen LogP) is 2.24. The number of nitrogens with zero attached hydrogens (tertiary/aromatic N) is 2. The number of aryl methyl sites for hydroxylation is 1. The van der Waals surface area contributed by atoms with Crippen LogP contribution in [0, 0.1) is 0 Å². The van der Waals surface area contributed by atoms with Crippen LogP contribution < -0.4 is 4.90 Å². The second-order valence-electron chi connectivity index (χ2n) is 3.53. The molecule has 70 valence electrons. The summed E-state index contributed by atoms with van der Waals surface area (Å²) in [5.41, 5.74) is 1.38. The lowest BCUT2D eigenvalue weighted by atomic mass is 10.2. The number of pyridine rings is 1. The first-order valence-corrected chi connectivity index (χ1v) is 5.10. The van der Waals surface area contributed by atoms with Gasteiger partial charge >= 0.3 is 0 Å². The summed E-state index contributed by atoms with van der Waals surface area (Å²) in [6.07, 6.45) is 5.62. The van der Waals surface area contributed by atoms with Crippen molar-refractivity contribution in [2.45, 2.75) is 26.2 Å². The van der Waals surface area contributed by atoms with Crippen LogP contribution in [0.3, 0.4) is 0 Å². The second kappa shape index (κ2) is 3.77. The molecule has 2 nitrogen and oxygen atoms in total. The molecule has 2 heterocycles. The Kier molecular flexibility index (Phi) is 2.48. The molecule has 0 aliphatic carbocycles. The number of hydrogen-bond donors (Lipinski definition) is 0. The summed E-state index contributed by atoms with van der Waals surface area (Å²) in [4.78, 5) is 6.86. The normalized spacial score (nSPS) is 16.5. The van der Waals surface area contributed by atoms with Crippen LogP contribution >= 0.6 is 0 Å². The molecule has 0 unspecified atom stereocenters. The van der Waals surface area contributed by atoms with Crippen LogP contribution in [0.15, 0.2) is 18.3 Å². The van der Waals surface area contributed by atoms with Crippen LogP contribution in [-0.4, -0.2) is 18.1 Å². The molecule has 1 aromatic rings. The summed E-state index contributed by atoms with van der Waals surface area (Å²) in [6.45, 7) is 4.56. The zero-order valence-electron chi connectivity index (χ0n) is 8.16. The molecule has 0 atom stereocenters. The van der Waals surface area contributed by atoms with Crippen molar-refractivity contribution in [3.63, 3.8) is 0 Å². The standard InChI is InChI=1S/C11H16N2/c1-2-10-6-5-7-12-11(10)13-8-3-4-9-13/h5-7H,2-4,8-9H2,1H3. The van der Waals surface area contributed by atoms with Crippen molar-refractivity contribution in [1.29, 1.82) is 0 Å². The van der Waals surface area contributed by atoms with E-state index in [4.69, 9.17) is 0 Å². The van der Waals surface area contributed by atoms with E-state index >= 15 is 0 Å². The first kappa shape index (κ1) is 8.54. The quantitative estimate of drug-likeness (QED) is 0.687. The number of anilines is 1. The Labute approximate surface area is 79.6 Å². The maximum Gasteiger partial charge on any atom is 0.131 e. The second-order valence-corrected chi connectivity index (χ2v) is 3.53. The molecule has 0 radical (unpaired) electrons. The van der Waals surface area contributed by atoms with Crippen molar-refractivity contribution in [1.82, 2.24) is 4.98 Å². The van der Waals surface area contributed by atoms with Crippen molar-refractivity contribution in [3.05, 3.63) is 23.9 Å². The maximum atomic E-state index is 4.46. The number of rotatable bonds is 2. The van der Waals surface area contributed by atoms with E-state index in [-0.39, 0.29) is 0 Å². The summed E-state index contributed by atoms with van der Waals surface area (Å²) in [5.74, 6) is 1.21. The van der Waals surface area contributed by atoms with E-state index in [1.165, 1.54) is 37.3 Å². The van der Waals surface area contributed by atoms with Gasteiger partial charge in [0.15, 0.2) is 0 Å². The van der Waals surface area contributed by atoms with Gasteiger partial charge in [-0.1, -0.05) is 13.0 Å². The molecule has 1 fully saturated rings. The van der Waals surface area contributed by atoms with Gasteiger partial charge in [-0.2, -0.15) is 0 Å². The fraction of sp³-hybridized carbons (Fsp3) is 0.545. The minimum absolute atomic E-state index is 1.08. The molecule has 0 bridgehead atoms. The van der Waals surface area contributed by atoms with E-state index in [1.54, 1.807) is 0 Å². The summed E-state index contributed by atoms with van der Waals surface area (Å²) in [6, 6.07) is 4.21. The maximum absolute atomic E-state index is 4.46. The van der Waals surface area contributed by atoms with Crippen molar-refractivity contribution in [2.24, 2.45) is 0 Å². The third kappa shape index (κ3) is 1.67. The first-order chi connectivity index (χ1) is 6.42. The van der Waals surface area contributed by atoms with Crippen LogP contribution in [0.1, 0.15) is 25.3 Å². The molecule has 1 aromatic heterocycles. The van der Waals surface area contributed by atoms with Gasteiger partial charge < -0.3 is 4.90 Å². The molecule has 1 aliphatic rings. The first-order valence-electron chi connectivity index (χ1n) is 5.10. The van der Waals surface area contributed by atoms with Gasteiger partial charge in [0.05, 0.1) is 0 Å². The third-order valence-corrected chi connectivity index (χ3v) is 2.65. The van der Waals surface area contributed by atoms with E-state index in [0.29, 0.717) is 0 Å². The lowest BCUT2D eigenvalue weighted by molar-refractivity contribution is 0.914. The Hall–Kier alpha value is -1.05. The topological polar surface area (TPSA) is 16.1 Å². The van der Waals surface area contributed by atoms with Crippen LogP contribution in [0.2, 0.25) is 0 Å². The Balaban J connectivity index is 2.26. The van der Waals surface area contributed by atoms with Gasteiger partial charge in [-0.3, -0.25) is 0 Å². The molecule has 1 aliphatic heterocycles. The van der Waals surface area contributed by atoms with Gasteiger partial charge in [-0.05, 0) is 30.9 Å². The molecular weight excluding hydrogens is 160 g/mol. The van der Waals surface area contributed by atoms with E-state index in [2.05, 4.69) is 22.9 Å². The van der Waals surface area contributed by atoms with Crippen molar-refractivity contribution in [3.8, 4) is 0 Å². The molecule has 0 amide bonds. The van der Waals surface area contributed by atoms with Gasteiger partial charge in [0.25, 0.3) is 0 Å². The zero-order valence-corrected chi connectivity index (χ0v) is 8.16. The third-order valence-electron chi connectivity index (χ3n) is 2.65. The van der Waals surface area contributed by atoms with Gasteiger partial charge in [0, 0.05) is 19.3 Å². The Morgan fingerprint density at radius 2 is 2.15 bits per heavy atom. The lowest BCUT2D eigenvalue weighted by Crippen LogP contribution is -2.20. The Bertz CT molecular complexity index is 277. The van der Waals surface area contributed by atoms with Crippen LogP contribution in [0.5, 0.6) is 0 Å². The highest BCUT2D eigenvalue weighted by molar-refractivity contribution is 5.47. The fourth-order valence-corrected chi connectivity index (χ4v) is 1.92. The van der Waals surface area contributed by atoms with E-state index in [9.17, 15) is 0 Å². The van der Waals surface area contributed by atoms with Gasteiger partial charge in [-0.15, -0.1) is 0 Å². The molecule has 0 spiro atoms. The van der Waals surface area contributed by atoms with Crippen molar-refractivity contribution >= 4 is 5.82 Å². The fourth-order valence-electron chi connectivity index (χ4n) is 1.92. The van der Waals surface area contributed by atoms with Crippen molar-refractivity contribution in [2.75, 3.05) is 18.0 Å². The molecule has 0 N–H and O–H groups in total. The highest BCUT2D eigenvalue weighted by Gasteiger charge is 2.15. The zero-order chi connectivity index (χ0) is 9.10. The molecule has 0 aromatic carbocycles. The minimum atomic E-state index is 1.08. The van der Waals surface area contributed by atoms with Crippen molar-refractivity contribution < 1.29 is 0 Å². The summed E-state index contributed by atoms with van der Waals surface area (Å²) in [7, 11) is 0. The summed E-state index contributed by atoms with van der Waals surface area (Å²) in [5, 5.41) is 0. The molecule has 1 saturated heterocycles. The Morgan fingerprint density at radius 3 is 2.85 bits per heavy atom. The van der Waals surface area contributed by atoms with E-state index in [0.717, 1.165) is 6.42 Å². The summed E-state index contributed by atoms with van der Waals surface area (Å²) < 4.78 is 0. The molecule has 13 heavy (non-hydrogen) atoms. The largest absolute Gasteiger partial charge is 0.356 e. The van der Waals surface area contributed by atoms with Crippen LogP contribution in [0.25, 0.3) is 0 Å². The lowest BCUT2D eigenvalue weighted by Gasteiger charge is -2.18. The minimum Gasteiger partial charge on any atom is -0.356 e. The highest BCUT2D eigenvalue weighted by Crippen LogP contribution is 2.21. The average molecular weight is 176 g/mol. The van der Waals surface area contributed by atoms with Gasteiger partial charge in [0.2, 0.25) is 0 Å². The molecule has 2 heteroatoms. The average Bonchev–Trinajstić information content (AvgIpc) is 2.70. The number of hydrogen-bond acceptors (Lipinski definition) is 2. The van der Waals surface area contributed by atoms with E-state index < -0.39 is 0 Å². The van der Waals surface area contributed by atoms with Crippen LogP contribution in [0.4, 0.5) is 5.82 Å². The Morgan fingerprint density at radius 1 is 1.38 bits per heavy atom. The van der Waals surface area contributed by atoms with Gasteiger partial charge in [0.1, 0.15) is 5.82 Å². The highest BCUT2D eigenvalue weighted by atomic mass is 15.2.